The first-order valence-corrected chi connectivity index (χ1v) is 9.97. The van der Waals surface area contributed by atoms with E-state index in [0.29, 0.717) is 17.0 Å². The van der Waals surface area contributed by atoms with Crippen LogP contribution in [0.15, 0.2) is 78.1 Å². The molecule has 0 aliphatic rings. The highest BCUT2D eigenvalue weighted by Crippen LogP contribution is 2.31. The Morgan fingerprint density at radius 1 is 1.03 bits per heavy atom. The predicted octanol–water partition coefficient (Wildman–Crippen LogP) is 4.10. The van der Waals surface area contributed by atoms with Crippen LogP contribution in [0, 0.1) is 0 Å². The summed E-state index contributed by atoms with van der Waals surface area (Å²) in [4.78, 5) is 7.85. The summed E-state index contributed by atoms with van der Waals surface area (Å²) in [5.74, 6) is -0.350. The van der Waals surface area contributed by atoms with Crippen molar-refractivity contribution >= 4 is 21.5 Å². The second kappa shape index (κ2) is 7.34. The molecule has 30 heavy (non-hydrogen) atoms. The number of anilines is 1. The van der Waals surface area contributed by atoms with E-state index in [1.54, 1.807) is 41.2 Å². The zero-order valence-electron chi connectivity index (χ0n) is 15.0. The maximum atomic E-state index is 12.7. The second-order valence-electron chi connectivity index (χ2n) is 6.13. The number of nitrogens with zero attached hydrogens (tertiary/aromatic N) is 3. The van der Waals surface area contributed by atoms with Gasteiger partial charge >= 0.3 is 6.36 Å². The molecule has 0 bridgehead atoms. The van der Waals surface area contributed by atoms with Crippen LogP contribution in [0.4, 0.5) is 18.9 Å². The Morgan fingerprint density at radius 3 is 2.60 bits per heavy atom. The van der Waals surface area contributed by atoms with E-state index in [1.165, 1.54) is 24.3 Å². The van der Waals surface area contributed by atoms with Gasteiger partial charge in [-0.25, -0.2) is 18.4 Å². The van der Waals surface area contributed by atoms with Crippen molar-refractivity contribution < 1.29 is 26.3 Å². The fraction of sp³-hybridized carbons (Fsp3) is 0.0526. The van der Waals surface area contributed by atoms with Gasteiger partial charge < -0.3 is 4.74 Å². The van der Waals surface area contributed by atoms with Crippen LogP contribution < -0.4 is 9.46 Å². The zero-order chi connectivity index (χ0) is 21.4. The molecule has 0 aliphatic carbocycles. The van der Waals surface area contributed by atoms with Crippen molar-refractivity contribution in [1.82, 2.24) is 14.4 Å². The van der Waals surface area contributed by atoms with Crippen molar-refractivity contribution in [3.05, 3.63) is 73.2 Å². The summed E-state index contributed by atoms with van der Waals surface area (Å²) in [5.41, 5.74) is 1.30. The topological polar surface area (TPSA) is 85.6 Å². The molecule has 4 rings (SSSR count). The van der Waals surface area contributed by atoms with Crippen LogP contribution >= 0.6 is 0 Å². The van der Waals surface area contributed by atoms with E-state index in [4.69, 9.17) is 0 Å². The van der Waals surface area contributed by atoms with Gasteiger partial charge in [0, 0.05) is 29.8 Å². The number of nitrogens with one attached hydrogen (secondary N) is 1. The van der Waals surface area contributed by atoms with Crippen molar-refractivity contribution in [2.75, 3.05) is 4.72 Å². The maximum absolute atomic E-state index is 12.7. The van der Waals surface area contributed by atoms with Gasteiger partial charge in [0.2, 0.25) is 5.78 Å². The number of hydrogen-bond acceptors (Lipinski definition) is 5. The monoisotopic (exact) mass is 434 g/mol. The lowest BCUT2D eigenvalue weighted by molar-refractivity contribution is -0.275. The van der Waals surface area contributed by atoms with Crippen molar-refractivity contribution in [3.63, 3.8) is 0 Å². The van der Waals surface area contributed by atoms with Crippen LogP contribution in [0.2, 0.25) is 0 Å². The van der Waals surface area contributed by atoms with Gasteiger partial charge in [-0.05, 0) is 30.3 Å². The molecule has 0 atom stereocenters. The average molecular weight is 434 g/mol. The Balaban J connectivity index is 1.66. The highest BCUT2D eigenvalue weighted by atomic mass is 32.2. The summed E-state index contributed by atoms with van der Waals surface area (Å²) in [6, 6.07) is 12.6. The third-order valence-electron chi connectivity index (χ3n) is 4.01. The van der Waals surface area contributed by atoms with Crippen LogP contribution in [0.25, 0.3) is 17.0 Å². The number of aromatic nitrogens is 3. The lowest BCUT2D eigenvalue weighted by Gasteiger charge is -2.14. The third kappa shape index (κ3) is 4.20. The van der Waals surface area contributed by atoms with Crippen molar-refractivity contribution in [2.24, 2.45) is 0 Å². The molecular weight excluding hydrogens is 421 g/mol. The first kappa shape index (κ1) is 19.7. The Kier molecular flexibility index (Phi) is 4.82. The molecule has 0 saturated carbocycles. The number of hydrogen-bond donors (Lipinski definition) is 1. The molecule has 4 aromatic rings. The molecular formula is C19H13F3N4O3S. The molecule has 2 aromatic carbocycles. The number of benzene rings is 2. The van der Waals surface area contributed by atoms with Crippen molar-refractivity contribution in [3.8, 4) is 17.0 Å². The molecule has 0 spiro atoms. The number of ether oxygens (including phenoxy) is 1. The van der Waals surface area contributed by atoms with Gasteiger partial charge in [-0.2, -0.15) is 0 Å². The molecule has 0 radical (unpaired) electrons. The molecule has 2 heterocycles. The number of alkyl halides is 3. The van der Waals surface area contributed by atoms with Gasteiger partial charge in [0.1, 0.15) is 10.6 Å². The maximum Gasteiger partial charge on any atom is 0.573 e. The Labute approximate surface area is 168 Å². The van der Waals surface area contributed by atoms with Crippen LogP contribution in [0.5, 0.6) is 5.75 Å². The number of fused-ring (bicyclic) bond motifs is 1. The minimum Gasteiger partial charge on any atom is -0.404 e. The summed E-state index contributed by atoms with van der Waals surface area (Å²) in [7, 11) is -4.35. The quantitative estimate of drug-likeness (QED) is 0.511. The molecule has 11 heteroatoms. The molecule has 0 amide bonds. The van der Waals surface area contributed by atoms with Crippen LogP contribution in [0.3, 0.4) is 0 Å². The number of imidazole rings is 1. The van der Waals surface area contributed by atoms with E-state index >= 15 is 0 Å². The molecule has 7 nitrogen and oxygen atoms in total. The van der Waals surface area contributed by atoms with Gasteiger partial charge in [-0.15, -0.1) is 13.2 Å². The number of rotatable bonds is 5. The molecule has 0 unspecified atom stereocenters. The standard InChI is InChI=1S/C19H13F3N4O3S/c20-19(21,22)29-16-7-1-2-8-17(16)30(27,28)25-14-6-3-5-13(11-14)15-12-26-10-4-9-23-18(26)24-15/h1-12,25H. The number of halogens is 3. The Bertz CT molecular complexity index is 1290. The first-order chi connectivity index (χ1) is 14.2. The average Bonchev–Trinajstić information content (AvgIpc) is 3.11. The van der Waals surface area contributed by atoms with Gasteiger partial charge in [-0.1, -0.05) is 24.3 Å². The van der Waals surface area contributed by atoms with Gasteiger partial charge in [0.15, 0.2) is 0 Å². The van der Waals surface area contributed by atoms with E-state index in [9.17, 15) is 21.6 Å². The summed E-state index contributed by atoms with van der Waals surface area (Å²) < 4.78 is 71.1. The van der Waals surface area contributed by atoms with Crippen LogP contribution in [-0.4, -0.2) is 29.1 Å². The second-order valence-corrected chi connectivity index (χ2v) is 7.78. The van der Waals surface area contributed by atoms with E-state index < -0.39 is 27.0 Å². The molecule has 0 aliphatic heterocycles. The van der Waals surface area contributed by atoms with Crippen molar-refractivity contribution in [2.45, 2.75) is 11.3 Å². The van der Waals surface area contributed by atoms with Crippen molar-refractivity contribution in [1.29, 1.82) is 0 Å². The molecule has 0 fully saturated rings. The highest BCUT2D eigenvalue weighted by molar-refractivity contribution is 7.92. The first-order valence-electron chi connectivity index (χ1n) is 8.49. The van der Waals surface area contributed by atoms with E-state index in [-0.39, 0.29) is 5.69 Å². The van der Waals surface area contributed by atoms with Gasteiger partial charge in [-0.3, -0.25) is 9.12 Å². The van der Waals surface area contributed by atoms with E-state index in [1.807, 2.05) is 0 Å². The Hall–Kier alpha value is -3.60. The summed E-state index contributed by atoms with van der Waals surface area (Å²) in [6.07, 6.45) is 0.0607. The fourth-order valence-electron chi connectivity index (χ4n) is 2.80. The van der Waals surface area contributed by atoms with E-state index in [0.717, 1.165) is 12.1 Å². The normalized spacial score (nSPS) is 12.1. The summed E-state index contributed by atoms with van der Waals surface area (Å²) in [6.45, 7) is 0. The van der Waals surface area contributed by atoms with Crippen LogP contribution in [0.1, 0.15) is 0 Å². The Morgan fingerprint density at radius 2 is 1.83 bits per heavy atom. The highest BCUT2D eigenvalue weighted by Gasteiger charge is 2.34. The molecule has 154 valence electrons. The lowest BCUT2D eigenvalue weighted by atomic mass is 10.1. The summed E-state index contributed by atoms with van der Waals surface area (Å²) in [5, 5.41) is 0. The number of para-hydroxylation sites is 1. The SMILES string of the molecule is O=S(=O)(Nc1cccc(-c2cn3cccnc3n2)c1)c1ccccc1OC(F)(F)F. The molecule has 2 aromatic heterocycles. The van der Waals surface area contributed by atoms with Gasteiger partial charge in [0.05, 0.1) is 5.69 Å². The molecule has 1 N–H and O–H groups in total. The zero-order valence-corrected chi connectivity index (χ0v) is 15.9. The lowest BCUT2D eigenvalue weighted by Crippen LogP contribution is -2.20. The predicted molar refractivity (Wildman–Crippen MR) is 102 cm³/mol. The minimum absolute atomic E-state index is 0.152. The summed E-state index contributed by atoms with van der Waals surface area (Å²) >= 11 is 0. The minimum atomic E-state index is -5.03. The van der Waals surface area contributed by atoms with Gasteiger partial charge in [0.25, 0.3) is 10.0 Å². The van der Waals surface area contributed by atoms with Crippen LogP contribution in [-0.2, 0) is 10.0 Å². The molecule has 0 saturated heterocycles. The number of sulfonamides is 1. The smallest absolute Gasteiger partial charge is 0.404 e. The third-order valence-corrected chi connectivity index (χ3v) is 5.43. The fourth-order valence-corrected chi connectivity index (χ4v) is 3.98. The van der Waals surface area contributed by atoms with E-state index in [2.05, 4.69) is 19.4 Å². The largest absolute Gasteiger partial charge is 0.573 e.